The average Bonchev–Trinajstić information content (AvgIpc) is 2.66. The number of rotatable bonds is 14. The number of alkyl carbamates (subject to hydrolysis) is 1. The van der Waals surface area contributed by atoms with Crippen LogP contribution in [-0.2, 0) is 14.2 Å². The quantitative estimate of drug-likeness (QED) is 0.143. The number of unbranched alkanes of at least 4 members (excludes halogenated alkanes) is 1. The van der Waals surface area contributed by atoms with Gasteiger partial charge in [0.2, 0.25) is 0 Å². The van der Waals surface area contributed by atoms with Crippen LogP contribution in [0.1, 0.15) is 40.5 Å². The van der Waals surface area contributed by atoms with Gasteiger partial charge in [-0.1, -0.05) is 32.6 Å². The lowest BCUT2D eigenvalue weighted by atomic mass is 10.2. The van der Waals surface area contributed by atoms with Gasteiger partial charge in [-0.3, -0.25) is 5.32 Å². The number of carbonyl (C=O) groups is 1. The highest BCUT2D eigenvalue weighted by atomic mass is 16.6. The van der Waals surface area contributed by atoms with Crippen LogP contribution >= 0.6 is 0 Å². The second kappa shape index (κ2) is 15.5. The van der Waals surface area contributed by atoms with Gasteiger partial charge in [0.05, 0.1) is 6.21 Å². The predicted octanol–water partition coefficient (Wildman–Crippen LogP) is 3.15. The maximum Gasteiger partial charge on any atom is 0.413 e. The van der Waals surface area contributed by atoms with Gasteiger partial charge in [-0.05, 0) is 45.5 Å². The number of hydrogen-bond acceptors (Lipinski definition) is 8. The Morgan fingerprint density at radius 2 is 1.90 bits per heavy atom. The van der Waals surface area contributed by atoms with E-state index in [9.17, 15) is 4.79 Å². The van der Waals surface area contributed by atoms with E-state index in [0.717, 1.165) is 12.8 Å². The lowest BCUT2D eigenvalue weighted by Crippen LogP contribution is -2.31. The summed E-state index contributed by atoms with van der Waals surface area (Å²) in [5.74, 6) is 1.22. The Morgan fingerprint density at radius 3 is 2.48 bits per heavy atom. The van der Waals surface area contributed by atoms with Gasteiger partial charge in [0, 0.05) is 6.54 Å². The number of carbonyl (C=O) groups excluding carboxylic acids is 1. The van der Waals surface area contributed by atoms with Gasteiger partial charge in [-0.25, -0.2) is 9.79 Å². The fourth-order valence-corrected chi connectivity index (χ4v) is 1.94. The van der Waals surface area contributed by atoms with Crippen molar-refractivity contribution in [2.75, 3.05) is 19.8 Å². The van der Waals surface area contributed by atoms with Crippen molar-refractivity contribution in [3.05, 3.63) is 60.7 Å². The van der Waals surface area contributed by atoms with E-state index >= 15 is 0 Å². The smallest absolute Gasteiger partial charge is 0.413 e. The SMILES string of the molecule is C=C/C=C(\C=C/N)OCCOC(/C=N\C(=C)NC(=O)OC(C)(C)C)=C(/N)NCCCC. The zero-order chi connectivity index (χ0) is 23.7. The molecule has 0 unspecified atom stereocenters. The molecule has 0 saturated carbocycles. The van der Waals surface area contributed by atoms with Crippen LogP contribution < -0.4 is 22.1 Å². The monoisotopic (exact) mass is 435 g/mol. The van der Waals surface area contributed by atoms with E-state index in [0.29, 0.717) is 18.1 Å². The van der Waals surface area contributed by atoms with Crippen molar-refractivity contribution in [3.8, 4) is 0 Å². The van der Waals surface area contributed by atoms with E-state index in [2.05, 4.69) is 35.7 Å². The van der Waals surface area contributed by atoms with Crippen LogP contribution in [0.5, 0.6) is 0 Å². The molecule has 9 nitrogen and oxygen atoms in total. The standard InChI is InChI=1S/C22H37N5O4/c1-7-9-13-25-20(24)19(30-15-14-29-18(10-8-2)11-12-23)16-26-17(3)27-21(28)31-22(4,5)6/h8,10-12,16,25H,2-3,7,9,13-15,23-24H2,1,4-6H3,(H,27,28)/b12-11-,18-10+,20-19-,26-16-. The molecule has 0 aromatic carbocycles. The van der Waals surface area contributed by atoms with Crippen LogP contribution in [0.25, 0.3) is 0 Å². The third-order valence-electron chi connectivity index (χ3n) is 3.25. The summed E-state index contributed by atoms with van der Waals surface area (Å²) in [4.78, 5) is 15.9. The first-order valence-corrected chi connectivity index (χ1v) is 10.1. The van der Waals surface area contributed by atoms with Crippen molar-refractivity contribution in [3.63, 3.8) is 0 Å². The van der Waals surface area contributed by atoms with Gasteiger partial charge in [-0.15, -0.1) is 0 Å². The number of allylic oxidation sites excluding steroid dienone is 4. The molecule has 0 aliphatic rings. The van der Waals surface area contributed by atoms with Crippen molar-refractivity contribution in [1.29, 1.82) is 0 Å². The highest BCUT2D eigenvalue weighted by Crippen LogP contribution is 2.07. The molecule has 9 heteroatoms. The van der Waals surface area contributed by atoms with Crippen LogP contribution in [0.15, 0.2) is 65.7 Å². The fraction of sp³-hybridized carbons (Fsp3) is 0.455. The van der Waals surface area contributed by atoms with Crippen LogP contribution in [0.2, 0.25) is 0 Å². The third-order valence-corrected chi connectivity index (χ3v) is 3.25. The Morgan fingerprint density at radius 1 is 1.23 bits per heavy atom. The predicted molar refractivity (Wildman–Crippen MR) is 125 cm³/mol. The van der Waals surface area contributed by atoms with Gasteiger partial charge in [0.1, 0.15) is 36.2 Å². The zero-order valence-corrected chi connectivity index (χ0v) is 19.1. The number of ether oxygens (including phenoxy) is 3. The minimum atomic E-state index is -0.655. The second-order valence-electron chi connectivity index (χ2n) is 7.25. The minimum absolute atomic E-state index is 0.0808. The molecule has 0 aliphatic heterocycles. The molecule has 0 aliphatic carbocycles. The highest BCUT2D eigenvalue weighted by molar-refractivity contribution is 5.78. The molecular weight excluding hydrogens is 398 g/mol. The molecule has 174 valence electrons. The molecule has 31 heavy (non-hydrogen) atoms. The summed E-state index contributed by atoms with van der Waals surface area (Å²) < 4.78 is 16.4. The molecule has 6 N–H and O–H groups in total. The molecule has 0 fully saturated rings. The normalized spacial score (nSPS) is 13.0. The molecule has 0 heterocycles. The van der Waals surface area contributed by atoms with Gasteiger partial charge in [0.25, 0.3) is 0 Å². The first-order valence-electron chi connectivity index (χ1n) is 10.1. The lowest BCUT2D eigenvalue weighted by molar-refractivity contribution is 0.0546. The van der Waals surface area contributed by atoms with E-state index in [1.807, 2.05) is 0 Å². The summed E-state index contributed by atoms with van der Waals surface area (Å²) in [5.41, 5.74) is 10.8. The molecular formula is C22H37N5O4. The van der Waals surface area contributed by atoms with Crippen molar-refractivity contribution < 1.29 is 19.0 Å². The fourth-order valence-electron chi connectivity index (χ4n) is 1.94. The van der Waals surface area contributed by atoms with Crippen LogP contribution in [0.3, 0.4) is 0 Å². The van der Waals surface area contributed by atoms with Crippen molar-refractivity contribution in [2.45, 2.75) is 46.1 Å². The number of nitrogens with zero attached hydrogens (tertiary/aromatic N) is 1. The summed E-state index contributed by atoms with van der Waals surface area (Å²) in [6.45, 7) is 15.8. The molecule has 0 atom stereocenters. The zero-order valence-electron chi connectivity index (χ0n) is 19.1. The van der Waals surface area contributed by atoms with E-state index in [-0.39, 0.29) is 24.8 Å². The maximum absolute atomic E-state index is 11.8. The summed E-state index contributed by atoms with van der Waals surface area (Å²) in [5, 5.41) is 5.52. The molecule has 0 aromatic rings. The van der Waals surface area contributed by atoms with Gasteiger partial charge in [-0.2, -0.15) is 0 Å². The average molecular weight is 436 g/mol. The Labute approximate surface area is 185 Å². The summed E-state index contributed by atoms with van der Waals surface area (Å²) in [6.07, 6.45) is 8.92. The van der Waals surface area contributed by atoms with Gasteiger partial charge in [0.15, 0.2) is 5.76 Å². The number of nitrogens with two attached hydrogens (primary N) is 2. The molecule has 0 bridgehead atoms. The first-order chi connectivity index (χ1) is 14.6. The number of aliphatic imine (C=N–C) groups is 1. The largest absolute Gasteiger partial charge is 0.490 e. The van der Waals surface area contributed by atoms with Gasteiger partial charge >= 0.3 is 6.09 Å². The maximum atomic E-state index is 11.8. The lowest BCUT2D eigenvalue weighted by Gasteiger charge is -2.19. The second-order valence-corrected chi connectivity index (χ2v) is 7.25. The van der Waals surface area contributed by atoms with Crippen LogP contribution in [-0.4, -0.2) is 37.7 Å². The minimum Gasteiger partial charge on any atom is -0.490 e. The van der Waals surface area contributed by atoms with Crippen molar-refractivity contribution >= 4 is 12.3 Å². The third kappa shape index (κ3) is 15.2. The molecule has 0 radical (unpaired) electrons. The number of amides is 1. The molecule has 0 spiro atoms. The van der Waals surface area contributed by atoms with E-state index in [1.165, 1.54) is 12.4 Å². The van der Waals surface area contributed by atoms with Crippen molar-refractivity contribution in [2.24, 2.45) is 16.5 Å². The van der Waals surface area contributed by atoms with Crippen molar-refractivity contribution in [1.82, 2.24) is 10.6 Å². The Bertz CT molecular complexity index is 703. The molecule has 1 amide bonds. The van der Waals surface area contributed by atoms with E-state index in [4.69, 9.17) is 25.7 Å². The molecule has 0 rings (SSSR count). The number of nitrogens with one attached hydrogen (secondary N) is 2. The topological polar surface area (TPSA) is 133 Å². The molecule has 0 aromatic heterocycles. The van der Waals surface area contributed by atoms with Crippen LogP contribution in [0.4, 0.5) is 4.79 Å². The number of hydrogen-bond donors (Lipinski definition) is 4. The van der Waals surface area contributed by atoms with Crippen LogP contribution in [0, 0.1) is 0 Å². The highest BCUT2D eigenvalue weighted by Gasteiger charge is 2.16. The first kappa shape index (κ1) is 27.6. The summed E-state index contributed by atoms with van der Waals surface area (Å²) in [6, 6.07) is 0. The Balaban J connectivity index is 5.02. The van der Waals surface area contributed by atoms with E-state index in [1.54, 1.807) is 39.0 Å². The Hall–Kier alpha value is -3.36. The summed E-state index contributed by atoms with van der Waals surface area (Å²) in [7, 11) is 0. The molecule has 0 saturated heterocycles. The summed E-state index contributed by atoms with van der Waals surface area (Å²) >= 11 is 0. The van der Waals surface area contributed by atoms with Gasteiger partial charge < -0.3 is 31.0 Å². The van der Waals surface area contributed by atoms with E-state index < -0.39 is 11.7 Å². The Kier molecular flexibility index (Phi) is 13.8.